The summed E-state index contributed by atoms with van der Waals surface area (Å²) in [5.74, 6) is 0.495. The molecule has 1 atom stereocenters. The standard InChI is InChI=1S/C13H22N2O3/c1-18-13(17)11-4-2-3-7-15(11)9-12(16)14-8-10-5-6-10/h10-11H,2-9H2,1H3,(H,14,16). The highest BCUT2D eigenvalue weighted by atomic mass is 16.5. The number of amides is 1. The normalized spacial score (nSPS) is 24.6. The molecule has 5 heteroatoms. The van der Waals surface area contributed by atoms with E-state index >= 15 is 0 Å². The number of nitrogens with zero attached hydrogens (tertiary/aromatic N) is 1. The zero-order valence-corrected chi connectivity index (χ0v) is 11.0. The molecule has 1 saturated carbocycles. The lowest BCUT2D eigenvalue weighted by Gasteiger charge is -2.32. The lowest BCUT2D eigenvalue weighted by molar-refractivity contribution is -0.148. The van der Waals surface area contributed by atoms with Gasteiger partial charge in [0.2, 0.25) is 5.91 Å². The van der Waals surface area contributed by atoms with Gasteiger partial charge in [-0.05, 0) is 38.1 Å². The van der Waals surface area contributed by atoms with E-state index in [0.29, 0.717) is 12.5 Å². The molecule has 0 aromatic heterocycles. The van der Waals surface area contributed by atoms with Gasteiger partial charge in [0.05, 0.1) is 13.7 Å². The number of ether oxygens (including phenoxy) is 1. The summed E-state index contributed by atoms with van der Waals surface area (Å²) in [5, 5.41) is 2.94. The zero-order chi connectivity index (χ0) is 13.0. The molecule has 18 heavy (non-hydrogen) atoms. The minimum Gasteiger partial charge on any atom is -0.468 e. The molecule has 2 rings (SSSR count). The van der Waals surface area contributed by atoms with Gasteiger partial charge < -0.3 is 10.1 Å². The van der Waals surface area contributed by atoms with Crippen molar-refractivity contribution in [3.63, 3.8) is 0 Å². The number of esters is 1. The average Bonchev–Trinajstić information content (AvgIpc) is 3.20. The zero-order valence-electron chi connectivity index (χ0n) is 11.0. The molecular weight excluding hydrogens is 232 g/mol. The van der Waals surface area contributed by atoms with E-state index in [1.54, 1.807) is 0 Å². The Bertz CT molecular complexity index is 315. The fourth-order valence-corrected chi connectivity index (χ4v) is 2.40. The van der Waals surface area contributed by atoms with Crippen molar-refractivity contribution in [2.45, 2.75) is 38.1 Å². The van der Waals surface area contributed by atoms with Crippen LogP contribution in [0.4, 0.5) is 0 Å². The molecular formula is C13H22N2O3. The molecule has 2 fully saturated rings. The lowest BCUT2D eigenvalue weighted by atomic mass is 10.0. The van der Waals surface area contributed by atoms with Crippen molar-refractivity contribution in [3.05, 3.63) is 0 Å². The Labute approximate surface area is 108 Å². The molecule has 1 aliphatic carbocycles. The third kappa shape index (κ3) is 3.70. The summed E-state index contributed by atoms with van der Waals surface area (Å²) in [6.07, 6.45) is 5.33. The molecule has 102 valence electrons. The van der Waals surface area contributed by atoms with E-state index in [2.05, 4.69) is 5.32 Å². The summed E-state index contributed by atoms with van der Waals surface area (Å²) in [6, 6.07) is -0.240. The van der Waals surface area contributed by atoms with Crippen molar-refractivity contribution >= 4 is 11.9 Å². The van der Waals surface area contributed by atoms with Gasteiger partial charge in [0.15, 0.2) is 0 Å². The molecule has 0 aromatic rings. The minimum absolute atomic E-state index is 0.0257. The Morgan fingerprint density at radius 2 is 2.06 bits per heavy atom. The second kappa shape index (κ2) is 6.18. The number of nitrogens with one attached hydrogen (secondary N) is 1. The third-order valence-electron chi connectivity index (χ3n) is 3.72. The molecule has 1 unspecified atom stereocenters. The predicted octanol–water partition coefficient (Wildman–Crippen LogP) is 0.540. The van der Waals surface area contributed by atoms with Crippen molar-refractivity contribution in [1.29, 1.82) is 0 Å². The second-order valence-electron chi connectivity index (χ2n) is 5.25. The predicted molar refractivity (Wildman–Crippen MR) is 67.0 cm³/mol. The van der Waals surface area contributed by atoms with Crippen molar-refractivity contribution < 1.29 is 14.3 Å². The molecule has 1 amide bonds. The van der Waals surface area contributed by atoms with Crippen LogP contribution in [-0.4, -0.2) is 49.6 Å². The number of likely N-dealkylation sites (tertiary alicyclic amines) is 1. The molecule has 1 saturated heterocycles. The monoisotopic (exact) mass is 254 g/mol. The third-order valence-corrected chi connectivity index (χ3v) is 3.72. The van der Waals surface area contributed by atoms with Crippen molar-refractivity contribution in [2.24, 2.45) is 5.92 Å². The van der Waals surface area contributed by atoms with Gasteiger partial charge in [0, 0.05) is 6.54 Å². The van der Waals surface area contributed by atoms with Crippen LogP contribution in [0.2, 0.25) is 0 Å². The first kappa shape index (κ1) is 13.3. The van der Waals surface area contributed by atoms with Crippen LogP contribution in [0.1, 0.15) is 32.1 Å². The van der Waals surface area contributed by atoms with E-state index in [0.717, 1.165) is 32.4 Å². The van der Waals surface area contributed by atoms with Gasteiger partial charge in [0.25, 0.3) is 0 Å². The number of hydrogen-bond acceptors (Lipinski definition) is 4. The Morgan fingerprint density at radius 1 is 1.28 bits per heavy atom. The molecule has 1 N–H and O–H groups in total. The van der Waals surface area contributed by atoms with Crippen LogP contribution in [0.3, 0.4) is 0 Å². The van der Waals surface area contributed by atoms with Crippen molar-refractivity contribution in [3.8, 4) is 0 Å². The molecule has 0 spiro atoms. The van der Waals surface area contributed by atoms with Crippen LogP contribution in [0.5, 0.6) is 0 Å². The fraction of sp³-hybridized carbons (Fsp3) is 0.846. The van der Waals surface area contributed by atoms with Gasteiger partial charge in [-0.1, -0.05) is 6.42 Å². The number of methoxy groups -OCH3 is 1. The van der Waals surface area contributed by atoms with E-state index in [1.807, 2.05) is 4.90 Å². The highest BCUT2D eigenvalue weighted by Gasteiger charge is 2.31. The Balaban J connectivity index is 1.79. The number of hydrogen-bond donors (Lipinski definition) is 1. The SMILES string of the molecule is COC(=O)C1CCCCN1CC(=O)NCC1CC1. The maximum Gasteiger partial charge on any atom is 0.323 e. The molecule has 1 aliphatic heterocycles. The maximum atomic E-state index is 11.8. The molecule has 2 aliphatic rings. The minimum atomic E-state index is -0.240. The van der Waals surface area contributed by atoms with Gasteiger partial charge in [-0.2, -0.15) is 0 Å². The van der Waals surface area contributed by atoms with E-state index in [1.165, 1.54) is 20.0 Å². The summed E-state index contributed by atoms with van der Waals surface area (Å²) in [4.78, 5) is 25.4. The molecule has 1 heterocycles. The van der Waals surface area contributed by atoms with E-state index in [9.17, 15) is 9.59 Å². The van der Waals surface area contributed by atoms with Crippen LogP contribution in [0.25, 0.3) is 0 Å². The van der Waals surface area contributed by atoms with Gasteiger partial charge in [-0.15, -0.1) is 0 Å². The van der Waals surface area contributed by atoms with Crippen molar-refractivity contribution in [2.75, 3.05) is 26.7 Å². The van der Waals surface area contributed by atoms with Crippen LogP contribution in [-0.2, 0) is 14.3 Å². The van der Waals surface area contributed by atoms with Crippen LogP contribution < -0.4 is 5.32 Å². The smallest absolute Gasteiger partial charge is 0.323 e. The lowest BCUT2D eigenvalue weighted by Crippen LogP contribution is -2.49. The quantitative estimate of drug-likeness (QED) is 0.728. The van der Waals surface area contributed by atoms with Gasteiger partial charge in [0.1, 0.15) is 6.04 Å². The molecule has 0 bridgehead atoms. The average molecular weight is 254 g/mol. The first-order valence-corrected chi connectivity index (χ1v) is 6.79. The summed E-state index contributed by atoms with van der Waals surface area (Å²) >= 11 is 0. The van der Waals surface area contributed by atoms with E-state index in [-0.39, 0.29) is 17.9 Å². The fourth-order valence-electron chi connectivity index (χ4n) is 2.40. The number of carbonyl (C=O) groups excluding carboxylic acids is 2. The Morgan fingerprint density at radius 3 is 2.72 bits per heavy atom. The van der Waals surface area contributed by atoms with Crippen LogP contribution >= 0.6 is 0 Å². The van der Waals surface area contributed by atoms with Crippen LogP contribution in [0, 0.1) is 5.92 Å². The van der Waals surface area contributed by atoms with Crippen LogP contribution in [0.15, 0.2) is 0 Å². The number of piperidine rings is 1. The largest absolute Gasteiger partial charge is 0.468 e. The highest BCUT2D eigenvalue weighted by Crippen LogP contribution is 2.27. The molecule has 0 aromatic carbocycles. The summed E-state index contributed by atoms with van der Waals surface area (Å²) in [7, 11) is 1.41. The number of carbonyl (C=O) groups is 2. The molecule has 0 radical (unpaired) electrons. The molecule has 5 nitrogen and oxygen atoms in total. The summed E-state index contributed by atoms with van der Waals surface area (Å²) in [5.41, 5.74) is 0. The first-order valence-electron chi connectivity index (χ1n) is 6.79. The summed E-state index contributed by atoms with van der Waals surface area (Å²) in [6.45, 7) is 1.90. The van der Waals surface area contributed by atoms with Gasteiger partial charge in [-0.3, -0.25) is 14.5 Å². The van der Waals surface area contributed by atoms with E-state index < -0.39 is 0 Å². The first-order chi connectivity index (χ1) is 8.70. The summed E-state index contributed by atoms with van der Waals surface area (Å²) < 4.78 is 4.80. The maximum absolute atomic E-state index is 11.8. The highest BCUT2D eigenvalue weighted by molar-refractivity contribution is 5.80. The Hall–Kier alpha value is -1.10. The van der Waals surface area contributed by atoms with Crippen molar-refractivity contribution in [1.82, 2.24) is 10.2 Å². The topological polar surface area (TPSA) is 58.6 Å². The second-order valence-corrected chi connectivity index (χ2v) is 5.25. The Kier molecular flexibility index (Phi) is 4.58. The van der Waals surface area contributed by atoms with Gasteiger partial charge >= 0.3 is 5.97 Å². The number of rotatable bonds is 5. The van der Waals surface area contributed by atoms with E-state index in [4.69, 9.17) is 4.74 Å². The van der Waals surface area contributed by atoms with Gasteiger partial charge in [-0.25, -0.2) is 0 Å².